The lowest BCUT2D eigenvalue weighted by Crippen LogP contribution is -2.41. The van der Waals surface area contributed by atoms with Gasteiger partial charge in [0.15, 0.2) is 0 Å². The molecule has 0 heterocycles. The summed E-state index contributed by atoms with van der Waals surface area (Å²) in [5.41, 5.74) is 0. The fraction of sp³-hybridized carbons (Fsp3) is 0.857. The lowest BCUT2D eigenvalue weighted by Gasteiger charge is -2.16. The summed E-state index contributed by atoms with van der Waals surface area (Å²) in [6.45, 7) is -1.78. The normalized spacial score (nSPS) is 14.3. The fourth-order valence-electron chi connectivity index (χ4n) is 0.756. The van der Waals surface area contributed by atoms with Gasteiger partial charge in [-0.05, 0) is 0 Å². The number of nitrogens with one attached hydrogen (secondary N) is 1. The van der Waals surface area contributed by atoms with Crippen LogP contribution in [-0.2, 0) is 4.79 Å². The first kappa shape index (κ1) is 14.1. The van der Waals surface area contributed by atoms with Gasteiger partial charge < -0.3 is 15.5 Å². The molecule has 1 unspecified atom stereocenters. The zero-order chi connectivity index (χ0) is 12.1. The Bertz CT molecular complexity index is 212. The Morgan fingerprint density at radius 3 is 2.33 bits per heavy atom. The molecule has 0 aliphatic rings. The van der Waals surface area contributed by atoms with E-state index in [1.54, 1.807) is 0 Å². The van der Waals surface area contributed by atoms with Crippen LogP contribution in [0.4, 0.5) is 17.6 Å². The molecule has 1 atom stereocenters. The Hall–Kier alpha value is -0.890. The minimum atomic E-state index is -4.18. The summed E-state index contributed by atoms with van der Waals surface area (Å²) in [6, 6.07) is 0. The van der Waals surface area contributed by atoms with E-state index >= 15 is 0 Å². The van der Waals surface area contributed by atoms with Gasteiger partial charge in [-0.25, -0.2) is 8.78 Å². The summed E-state index contributed by atoms with van der Waals surface area (Å²) in [6.07, 6.45) is -5.80. The number of aliphatic carboxylic acids is 1. The van der Waals surface area contributed by atoms with Crippen LogP contribution in [0.5, 0.6) is 0 Å². The number of halogens is 4. The average Bonchev–Trinajstić information content (AvgIpc) is 2.01. The molecule has 0 saturated carbocycles. The highest BCUT2D eigenvalue weighted by Crippen LogP contribution is 2.21. The summed E-state index contributed by atoms with van der Waals surface area (Å²) in [7, 11) is 0. The van der Waals surface area contributed by atoms with Gasteiger partial charge in [0, 0.05) is 6.54 Å². The third-order valence-electron chi connectivity index (χ3n) is 1.47. The van der Waals surface area contributed by atoms with Gasteiger partial charge >= 0.3 is 18.3 Å². The monoisotopic (exact) mass is 233 g/mol. The molecule has 0 amide bonds. The average molecular weight is 233 g/mol. The highest BCUT2D eigenvalue weighted by Gasteiger charge is 2.40. The summed E-state index contributed by atoms with van der Waals surface area (Å²) in [4.78, 5) is 10.0. The molecule has 0 radical (unpaired) electrons. The SMILES string of the molecule is O=C(O)CC(O)CNCC(F)(F)C(F)F. The van der Waals surface area contributed by atoms with Gasteiger partial charge in [0.2, 0.25) is 0 Å². The summed E-state index contributed by atoms with van der Waals surface area (Å²) >= 11 is 0. The highest BCUT2D eigenvalue weighted by molar-refractivity contribution is 5.67. The van der Waals surface area contributed by atoms with Crippen LogP contribution < -0.4 is 5.32 Å². The number of aliphatic hydroxyl groups is 1. The van der Waals surface area contributed by atoms with E-state index in [0.29, 0.717) is 0 Å². The standard InChI is InChI=1S/C7H11F4NO3/c8-6(9)7(10,11)3-12-2-4(13)1-5(14)15/h4,6,12-13H,1-3H2,(H,14,15). The van der Waals surface area contributed by atoms with Gasteiger partial charge in [-0.2, -0.15) is 8.78 Å². The highest BCUT2D eigenvalue weighted by atomic mass is 19.3. The number of alkyl halides is 4. The number of carbonyl (C=O) groups is 1. The Labute approximate surface area is 82.9 Å². The van der Waals surface area contributed by atoms with E-state index in [9.17, 15) is 22.4 Å². The van der Waals surface area contributed by atoms with Crippen molar-refractivity contribution >= 4 is 5.97 Å². The van der Waals surface area contributed by atoms with Crippen LogP contribution in [0.3, 0.4) is 0 Å². The quantitative estimate of drug-likeness (QED) is 0.553. The second kappa shape index (κ2) is 5.86. The second-order valence-corrected chi connectivity index (χ2v) is 2.94. The van der Waals surface area contributed by atoms with Crippen LogP contribution in [-0.4, -0.2) is 47.7 Å². The summed E-state index contributed by atoms with van der Waals surface area (Å²) in [5, 5.41) is 18.9. The molecule has 0 rings (SSSR count). The zero-order valence-electron chi connectivity index (χ0n) is 7.59. The van der Waals surface area contributed by atoms with Crippen LogP contribution in [0.15, 0.2) is 0 Å². The van der Waals surface area contributed by atoms with Gasteiger partial charge in [-0.15, -0.1) is 0 Å². The van der Waals surface area contributed by atoms with Crippen molar-refractivity contribution in [1.82, 2.24) is 5.32 Å². The van der Waals surface area contributed by atoms with Crippen LogP contribution in [0, 0.1) is 0 Å². The van der Waals surface area contributed by atoms with Crippen molar-refractivity contribution in [3.63, 3.8) is 0 Å². The molecule has 15 heavy (non-hydrogen) atoms. The van der Waals surface area contributed by atoms with E-state index in [1.807, 2.05) is 5.32 Å². The first-order valence-electron chi connectivity index (χ1n) is 4.02. The maximum absolute atomic E-state index is 12.2. The Morgan fingerprint density at radius 1 is 1.40 bits per heavy atom. The first-order chi connectivity index (χ1) is 6.75. The van der Waals surface area contributed by atoms with E-state index in [0.717, 1.165) is 0 Å². The topological polar surface area (TPSA) is 69.6 Å². The van der Waals surface area contributed by atoms with E-state index < -0.39 is 43.9 Å². The molecular weight excluding hydrogens is 222 g/mol. The second-order valence-electron chi connectivity index (χ2n) is 2.94. The van der Waals surface area contributed by atoms with Crippen LogP contribution >= 0.6 is 0 Å². The number of hydrogen-bond acceptors (Lipinski definition) is 3. The third kappa shape index (κ3) is 6.24. The van der Waals surface area contributed by atoms with Crippen molar-refractivity contribution < 1.29 is 32.6 Å². The molecule has 8 heteroatoms. The number of carboxylic acids is 1. The van der Waals surface area contributed by atoms with E-state index in [-0.39, 0.29) is 0 Å². The number of carboxylic acid groups (broad SMARTS) is 1. The van der Waals surface area contributed by atoms with Crippen molar-refractivity contribution in [3.8, 4) is 0 Å². The summed E-state index contributed by atoms with van der Waals surface area (Å²) < 4.78 is 47.7. The molecule has 0 fully saturated rings. The minimum absolute atomic E-state index is 0.478. The van der Waals surface area contributed by atoms with Gasteiger partial charge in [-0.1, -0.05) is 0 Å². The van der Waals surface area contributed by atoms with Gasteiger partial charge in [0.1, 0.15) is 0 Å². The molecular formula is C7H11F4NO3. The molecule has 90 valence electrons. The lowest BCUT2D eigenvalue weighted by molar-refractivity contribution is -0.139. The molecule has 0 aromatic rings. The van der Waals surface area contributed by atoms with Crippen molar-refractivity contribution in [3.05, 3.63) is 0 Å². The molecule has 0 spiro atoms. The van der Waals surface area contributed by atoms with Gasteiger partial charge in [0.05, 0.1) is 19.1 Å². The number of aliphatic hydroxyl groups excluding tert-OH is 1. The molecule has 4 nitrogen and oxygen atoms in total. The molecule has 0 aliphatic carbocycles. The smallest absolute Gasteiger partial charge is 0.319 e. The van der Waals surface area contributed by atoms with Crippen LogP contribution in [0.2, 0.25) is 0 Å². The molecule has 0 saturated heterocycles. The van der Waals surface area contributed by atoms with Crippen LogP contribution in [0.25, 0.3) is 0 Å². The maximum Gasteiger partial charge on any atom is 0.319 e. The predicted molar refractivity (Wildman–Crippen MR) is 42.1 cm³/mol. The first-order valence-corrected chi connectivity index (χ1v) is 4.02. The van der Waals surface area contributed by atoms with Gasteiger partial charge in [-0.3, -0.25) is 4.79 Å². The lowest BCUT2D eigenvalue weighted by atomic mass is 10.2. The largest absolute Gasteiger partial charge is 0.481 e. The van der Waals surface area contributed by atoms with E-state index in [1.165, 1.54) is 0 Å². The van der Waals surface area contributed by atoms with Crippen molar-refractivity contribution in [2.24, 2.45) is 0 Å². The van der Waals surface area contributed by atoms with Gasteiger partial charge in [0.25, 0.3) is 0 Å². The van der Waals surface area contributed by atoms with Crippen molar-refractivity contribution in [1.29, 1.82) is 0 Å². The van der Waals surface area contributed by atoms with E-state index in [2.05, 4.69) is 0 Å². The fourth-order valence-corrected chi connectivity index (χ4v) is 0.756. The van der Waals surface area contributed by atoms with Crippen LogP contribution in [0.1, 0.15) is 6.42 Å². The molecule has 0 aromatic heterocycles. The molecule has 0 aromatic carbocycles. The maximum atomic E-state index is 12.2. The molecule has 3 N–H and O–H groups in total. The Kier molecular flexibility index (Phi) is 5.51. The zero-order valence-corrected chi connectivity index (χ0v) is 7.59. The molecule has 0 aliphatic heterocycles. The minimum Gasteiger partial charge on any atom is -0.481 e. The van der Waals surface area contributed by atoms with E-state index in [4.69, 9.17) is 10.2 Å². The Morgan fingerprint density at radius 2 is 1.93 bits per heavy atom. The molecule has 0 bridgehead atoms. The summed E-state index contributed by atoms with van der Waals surface area (Å²) in [5.74, 6) is -5.48. The van der Waals surface area contributed by atoms with Crippen molar-refractivity contribution in [2.45, 2.75) is 24.9 Å². The van der Waals surface area contributed by atoms with Crippen molar-refractivity contribution in [2.75, 3.05) is 13.1 Å². The predicted octanol–water partition coefficient (Wildman–Crippen LogP) is 0.312. The number of rotatable bonds is 7. The third-order valence-corrected chi connectivity index (χ3v) is 1.47. The number of hydrogen-bond donors (Lipinski definition) is 3. The Balaban J connectivity index is 3.74.